The van der Waals surface area contributed by atoms with Gasteiger partial charge >= 0.3 is 0 Å². The van der Waals surface area contributed by atoms with Crippen molar-refractivity contribution < 1.29 is 20.1 Å². The second kappa shape index (κ2) is 5.10. The van der Waals surface area contributed by atoms with Gasteiger partial charge in [0.25, 0.3) is 0 Å². The van der Waals surface area contributed by atoms with Gasteiger partial charge in [0.1, 0.15) is 0 Å². The Morgan fingerprint density at radius 1 is 1.12 bits per heavy atom. The van der Waals surface area contributed by atoms with Crippen LogP contribution < -0.4 is 0 Å². The van der Waals surface area contributed by atoms with Crippen molar-refractivity contribution in [1.29, 1.82) is 0 Å². The molecule has 3 saturated carbocycles. The molecule has 0 saturated heterocycles. The van der Waals surface area contributed by atoms with Crippen LogP contribution in [0.25, 0.3) is 0 Å². The number of aliphatic hydroxyl groups excluding tert-OH is 3. The molecule has 3 N–H and O–H groups in total. The lowest BCUT2D eigenvalue weighted by Crippen LogP contribution is -2.52. The van der Waals surface area contributed by atoms with Crippen LogP contribution in [0.3, 0.4) is 0 Å². The topological polar surface area (TPSA) is 77.8 Å². The summed E-state index contributed by atoms with van der Waals surface area (Å²) in [7, 11) is 0. The smallest absolute Gasteiger partial charge is 0.226 e. The third-order valence-electron chi connectivity index (χ3n) is 8.13. The Hall–Kier alpha value is -1.29. The maximum atomic E-state index is 12.2. The van der Waals surface area contributed by atoms with Crippen LogP contribution in [-0.4, -0.2) is 27.2 Å². The van der Waals surface area contributed by atoms with Gasteiger partial charge in [-0.1, -0.05) is 13.8 Å². The van der Waals surface area contributed by atoms with Crippen LogP contribution in [0.2, 0.25) is 0 Å². The Balaban J connectivity index is 1.75. The minimum absolute atomic E-state index is 0.0287. The van der Waals surface area contributed by atoms with Crippen molar-refractivity contribution in [3.8, 4) is 0 Å². The quantitative estimate of drug-likeness (QED) is 0.465. The maximum absolute atomic E-state index is 12.2. The summed E-state index contributed by atoms with van der Waals surface area (Å²) in [5.74, 6) is 0.957. The predicted molar refractivity (Wildman–Crippen MR) is 90.4 cm³/mol. The molecule has 0 radical (unpaired) electrons. The van der Waals surface area contributed by atoms with Gasteiger partial charge in [0, 0.05) is 5.57 Å². The van der Waals surface area contributed by atoms with Gasteiger partial charge in [-0.15, -0.1) is 0 Å². The zero-order chi connectivity index (χ0) is 17.3. The first-order valence-electron chi connectivity index (χ1n) is 9.31. The van der Waals surface area contributed by atoms with E-state index in [0.717, 1.165) is 50.4 Å². The normalized spacial score (nSPS) is 49.8. The van der Waals surface area contributed by atoms with Crippen LogP contribution in [-0.2, 0) is 4.79 Å². The maximum Gasteiger partial charge on any atom is 0.226 e. The summed E-state index contributed by atoms with van der Waals surface area (Å²) in [6, 6.07) is 0. The minimum atomic E-state index is -0.402. The molecular formula is C20H28O4. The van der Waals surface area contributed by atoms with Gasteiger partial charge in [-0.3, -0.25) is 4.79 Å². The number of carbonyl (C=O) groups excluding carboxylic acids is 1. The number of allylic oxidation sites excluding steroid dienone is 1. The molecule has 0 spiro atoms. The molecule has 0 aromatic rings. The molecule has 0 aliphatic heterocycles. The molecule has 0 aromatic carbocycles. The first-order valence-corrected chi connectivity index (χ1v) is 9.31. The number of fused-ring (bicyclic) bond motifs is 5. The molecule has 4 nitrogen and oxygen atoms in total. The van der Waals surface area contributed by atoms with Crippen LogP contribution in [0.5, 0.6) is 0 Å². The lowest BCUT2D eigenvalue weighted by Gasteiger charge is -2.57. The highest BCUT2D eigenvalue weighted by atomic mass is 16.3. The summed E-state index contributed by atoms with van der Waals surface area (Å²) in [6.45, 7) is 4.42. The first kappa shape index (κ1) is 16.2. The standard InChI is InChI=1S/C20H28O4/c1-19-8-7-14-12(13(19)5-6-16(19)22)3-4-15-18(24)17(23)11(10-21)9-20(14,15)2/h10,12-14,16,21-22,24H,3-9H2,1-2H3/b11-10-. The van der Waals surface area contributed by atoms with Gasteiger partial charge in [0.2, 0.25) is 5.78 Å². The Bertz CT molecular complexity index is 648. The Morgan fingerprint density at radius 3 is 2.58 bits per heavy atom. The highest BCUT2D eigenvalue weighted by molar-refractivity contribution is 6.08. The number of hydrogen-bond donors (Lipinski definition) is 3. The third kappa shape index (κ3) is 1.86. The van der Waals surface area contributed by atoms with E-state index in [1.807, 2.05) is 0 Å². The SMILES string of the molecule is CC12C/C(=C/O)C(=O)C(O)=C1CCC1C2CCC2(C)C(O)CCC12. The Morgan fingerprint density at radius 2 is 1.88 bits per heavy atom. The summed E-state index contributed by atoms with van der Waals surface area (Å²) in [4.78, 5) is 12.2. The van der Waals surface area contributed by atoms with Crippen molar-refractivity contribution in [3.05, 3.63) is 23.2 Å². The van der Waals surface area contributed by atoms with Gasteiger partial charge < -0.3 is 15.3 Å². The Labute approximate surface area is 143 Å². The van der Waals surface area contributed by atoms with Crippen LogP contribution in [0.15, 0.2) is 23.2 Å². The van der Waals surface area contributed by atoms with Gasteiger partial charge in [-0.2, -0.15) is 0 Å². The molecule has 0 heterocycles. The monoisotopic (exact) mass is 332 g/mol. The fourth-order valence-corrected chi connectivity index (χ4v) is 6.77. The van der Waals surface area contributed by atoms with Crippen LogP contribution in [0.1, 0.15) is 58.8 Å². The molecule has 0 aromatic heterocycles. The summed E-state index contributed by atoms with van der Waals surface area (Å²) in [5.41, 5.74) is 1.02. The largest absolute Gasteiger partial charge is 0.515 e. The number of carbonyl (C=O) groups is 1. The molecule has 6 unspecified atom stereocenters. The number of hydrogen-bond acceptors (Lipinski definition) is 4. The molecule has 4 aliphatic rings. The second-order valence-corrected chi connectivity index (χ2v) is 8.96. The molecule has 4 rings (SSSR count). The Kier molecular flexibility index (Phi) is 3.44. The number of Topliss-reactive ketones (excluding diaryl/α,β-unsaturated/α-hetero) is 1. The van der Waals surface area contributed by atoms with Crippen molar-refractivity contribution in [2.75, 3.05) is 0 Å². The van der Waals surface area contributed by atoms with Gasteiger partial charge in [-0.25, -0.2) is 0 Å². The zero-order valence-electron chi connectivity index (χ0n) is 14.6. The highest BCUT2D eigenvalue weighted by Crippen LogP contribution is 2.65. The van der Waals surface area contributed by atoms with E-state index in [4.69, 9.17) is 0 Å². The van der Waals surface area contributed by atoms with E-state index in [1.54, 1.807) is 0 Å². The van der Waals surface area contributed by atoms with E-state index in [0.29, 0.717) is 29.7 Å². The van der Waals surface area contributed by atoms with Crippen LogP contribution in [0, 0.1) is 28.6 Å². The minimum Gasteiger partial charge on any atom is -0.515 e. The van der Waals surface area contributed by atoms with E-state index in [9.17, 15) is 20.1 Å². The summed E-state index contributed by atoms with van der Waals surface area (Å²) >= 11 is 0. The van der Waals surface area contributed by atoms with Crippen molar-refractivity contribution in [3.63, 3.8) is 0 Å². The van der Waals surface area contributed by atoms with E-state index in [1.165, 1.54) is 0 Å². The number of aliphatic hydroxyl groups is 3. The first-order chi connectivity index (χ1) is 11.3. The summed E-state index contributed by atoms with van der Waals surface area (Å²) < 4.78 is 0. The van der Waals surface area contributed by atoms with E-state index in [-0.39, 0.29) is 22.7 Å². The average Bonchev–Trinajstić information content (AvgIpc) is 2.86. The van der Waals surface area contributed by atoms with Crippen molar-refractivity contribution >= 4 is 5.78 Å². The van der Waals surface area contributed by atoms with Crippen molar-refractivity contribution in [2.45, 2.75) is 64.9 Å². The molecule has 6 atom stereocenters. The number of ketones is 1. The molecule has 0 bridgehead atoms. The van der Waals surface area contributed by atoms with Crippen LogP contribution >= 0.6 is 0 Å². The molecule has 3 fully saturated rings. The van der Waals surface area contributed by atoms with E-state index >= 15 is 0 Å². The molecule has 132 valence electrons. The van der Waals surface area contributed by atoms with Gasteiger partial charge in [-0.05, 0) is 79.1 Å². The van der Waals surface area contributed by atoms with Crippen molar-refractivity contribution in [1.82, 2.24) is 0 Å². The van der Waals surface area contributed by atoms with Gasteiger partial charge in [0.05, 0.1) is 12.4 Å². The highest BCUT2D eigenvalue weighted by Gasteiger charge is 2.60. The second-order valence-electron chi connectivity index (χ2n) is 8.96. The lowest BCUT2D eigenvalue weighted by atomic mass is 9.47. The average molecular weight is 332 g/mol. The van der Waals surface area contributed by atoms with Crippen LogP contribution in [0.4, 0.5) is 0 Å². The van der Waals surface area contributed by atoms with Gasteiger partial charge in [0.15, 0.2) is 5.76 Å². The molecule has 4 aliphatic carbocycles. The predicted octanol–water partition coefficient (Wildman–Crippen LogP) is 3.82. The van der Waals surface area contributed by atoms with E-state index < -0.39 is 5.78 Å². The lowest BCUT2D eigenvalue weighted by molar-refractivity contribution is -0.117. The zero-order valence-corrected chi connectivity index (χ0v) is 14.6. The summed E-state index contributed by atoms with van der Waals surface area (Å²) in [6.07, 6.45) is 6.99. The summed E-state index contributed by atoms with van der Waals surface area (Å²) in [5, 5.41) is 30.4. The molecule has 4 heteroatoms. The number of rotatable bonds is 0. The molecule has 24 heavy (non-hydrogen) atoms. The molecule has 0 amide bonds. The fourth-order valence-electron chi connectivity index (χ4n) is 6.77. The van der Waals surface area contributed by atoms with Crippen molar-refractivity contribution in [2.24, 2.45) is 28.6 Å². The third-order valence-corrected chi connectivity index (χ3v) is 8.13. The molecular weight excluding hydrogens is 304 g/mol. The van der Waals surface area contributed by atoms with E-state index in [2.05, 4.69) is 13.8 Å². The fraction of sp³-hybridized carbons (Fsp3) is 0.750.